The average molecular weight is 245 g/mol. The predicted octanol–water partition coefficient (Wildman–Crippen LogP) is 3.02. The van der Waals surface area contributed by atoms with Crippen molar-refractivity contribution in [2.75, 3.05) is 0 Å². The molecule has 2 rings (SSSR count). The average Bonchev–Trinajstić information content (AvgIpc) is 2.45. The van der Waals surface area contributed by atoms with E-state index in [4.69, 9.17) is 33.4 Å². The van der Waals surface area contributed by atoms with Gasteiger partial charge in [-0.15, -0.1) is 0 Å². The highest BCUT2D eigenvalue weighted by Crippen LogP contribution is 2.28. The van der Waals surface area contributed by atoms with Crippen LogP contribution in [0.25, 0.3) is 11.1 Å². The van der Waals surface area contributed by atoms with E-state index in [9.17, 15) is 0 Å². The van der Waals surface area contributed by atoms with E-state index in [1.54, 1.807) is 12.1 Å². The van der Waals surface area contributed by atoms with Gasteiger partial charge < -0.3 is 10.2 Å². The van der Waals surface area contributed by atoms with E-state index < -0.39 is 0 Å². The molecule has 1 atom stereocenters. The Kier molecular flexibility index (Phi) is 2.87. The molecule has 0 spiro atoms. The number of oxazole rings is 1. The number of fused-ring (bicyclic) bond motifs is 1. The van der Waals surface area contributed by atoms with E-state index in [0.717, 1.165) is 0 Å². The minimum Gasteiger partial charge on any atom is -0.439 e. The van der Waals surface area contributed by atoms with Gasteiger partial charge in [-0.25, -0.2) is 4.98 Å². The van der Waals surface area contributed by atoms with Crippen LogP contribution in [0.5, 0.6) is 0 Å². The lowest BCUT2D eigenvalue weighted by Gasteiger charge is -1.97. The molecule has 0 bridgehead atoms. The summed E-state index contributed by atoms with van der Waals surface area (Å²) in [7, 11) is 0. The van der Waals surface area contributed by atoms with Crippen molar-refractivity contribution in [3.05, 3.63) is 28.1 Å². The number of benzene rings is 1. The fourth-order valence-electron chi connectivity index (χ4n) is 1.37. The smallest absolute Gasteiger partial charge is 0.197 e. The van der Waals surface area contributed by atoms with E-state index in [2.05, 4.69) is 4.98 Å². The van der Waals surface area contributed by atoms with Gasteiger partial charge in [0.25, 0.3) is 0 Å². The summed E-state index contributed by atoms with van der Waals surface area (Å²) in [5, 5.41) is 1.02. The van der Waals surface area contributed by atoms with Crippen LogP contribution in [-0.2, 0) is 6.42 Å². The molecule has 0 aliphatic rings. The van der Waals surface area contributed by atoms with Gasteiger partial charge >= 0.3 is 0 Å². The summed E-state index contributed by atoms with van der Waals surface area (Å²) in [6.07, 6.45) is 0.586. The zero-order valence-electron chi connectivity index (χ0n) is 8.13. The molecule has 15 heavy (non-hydrogen) atoms. The lowest BCUT2D eigenvalue weighted by Crippen LogP contribution is -2.17. The quantitative estimate of drug-likeness (QED) is 0.884. The lowest BCUT2D eigenvalue weighted by atomic mass is 10.2. The Labute approximate surface area is 97.2 Å². The molecule has 1 aromatic carbocycles. The maximum atomic E-state index is 5.96. The van der Waals surface area contributed by atoms with Crippen LogP contribution in [0.15, 0.2) is 16.5 Å². The van der Waals surface area contributed by atoms with Crippen LogP contribution in [0.3, 0.4) is 0 Å². The minimum absolute atomic E-state index is 0.00677. The molecule has 1 heterocycles. The van der Waals surface area contributed by atoms with E-state index in [1.807, 2.05) is 6.92 Å². The maximum Gasteiger partial charge on any atom is 0.197 e. The van der Waals surface area contributed by atoms with Crippen molar-refractivity contribution in [1.29, 1.82) is 0 Å². The summed E-state index contributed by atoms with van der Waals surface area (Å²) in [5.74, 6) is 0.587. The van der Waals surface area contributed by atoms with Gasteiger partial charge in [0.15, 0.2) is 11.5 Å². The topological polar surface area (TPSA) is 52.0 Å². The maximum absolute atomic E-state index is 5.96. The van der Waals surface area contributed by atoms with Crippen LogP contribution in [0.2, 0.25) is 10.0 Å². The highest BCUT2D eigenvalue weighted by Gasteiger charge is 2.11. The van der Waals surface area contributed by atoms with Gasteiger partial charge in [0, 0.05) is 17.5 Å². The van der Waals surface area contributed by atoms with Gasteiger partial charge in [-0.2, -0.15) is 0 Å². The van der Waals surface area contributed by atoms with Crippen LogP contribution in [0.1, 0.15) is 12.8 Å². The molecule has 1 unspecified atom stereocenters. The molecule has 0 radical (unpaired) electrons. The van der Waals surface area contributed by atoms with Crippen molar-refractivity contribution >= 4 is 34.3 Å². The Morgan fingerprint density at radius 1 is 1.47 bits per heavy atom. The largest absolute Gasteiger partial charge is 0.439 e. The number of rotatable bonds is 2. The van der Waals surface area contributed by atoms with Crippen molar-refractivity contribution in [1.82, 2.24) is 4.98 Å². The highest BCUT2D eigenvalue weighted by atomic mass is 35.5. The number of halogens is 2. The van der Waals surface area contributed by atoms with Crippen molar-refractivity contribution in [3.8, 4) is 0 Å². The molecule has 0 aliphatic heterocycles. The summed E-state index contributed by atoms with van der Waals surface area (Å²) in [6, 6.07) is 3.36. The van der Waals surface area contributed by atoms with Gasteiger partial charge in [0.05, 0.1) is 5.02 Å². The molecule has 2 aromatic rings. The third kappa shape index (κ3) is 2.25. The van der Waals surface area contributed by atoms with Crippen LogP contribution >= 0.6 is 23.2 Å². The summed E-state index contributed by atoms with van der Waals surface area (Å²) in [6.45, 7) is 1.89. The number of hydrogen-bond donors (Lipinski definition) is 1. The zero-order valence-corrected chi connectivity index (χ0v) is 9.64. The first-order valence-electron chi connectivity index (χ1n) is 4.56. The second-order valence-corrected chi connectivity index (χ2v) is 4.37. The predicted molar refractivity (Wildman–Crippen MR) is 61.4 cm³/mol. The van der Waals surface area contributed by atoms with E-state index >= 15 is 0 Å². The second kappa shape index (κ2) is 4.00. The van der Waals surface area contributed by atoms with Crippen LogP contribution in [0.4, 0.5) is 0 Å². The first kappa shape index (κ1) is 10.7. The second-order valence-electron chi connectivity index (χ2n) is 3.52. The molecule has 0 fully saturated rings. The summed E-state index contributed by atoms with van der Waals surface area (Å²) >= 11 is 11.8. The molecule has 80 valence electrons. The molecule has 1 aromatic heterocycles. The van der Waals surface area contributed by atoms with Crippen molar-refractivity contribution < 1.29 is 4.42 Å². The van der Waals surface area contributed by atoms with Gasteiger partial charge in [0.2, 0.25) is 0 Å². The third-order valence-electron chi connectivity index (χ3n) is 1.95. The Bertz CT molecular complexity index is 493. The van der Waals surface area contributed by atoms with Gasteiger partial charge in [-0.1, -0.05) is 23.2 Å². The van der Waals surface area contributed by atoms with E-state index in [-0.39, 0.29) is 6.04 Å². The molecule has 3 nitrogen and oxygen atoms in total. The third-order valence-corrected chi connectivity index (χ3v) is 2.45. The minimum atomic E-state index is 0.00677. The highest BCUT2D eigenvalue weighted by molar-refractivity contribution is 6.37. The number of aromatic nitrogens is 1. The molecular formula is C10H10Cl2N2O. The standard InChI is InChI=1S/C10H10Cl2N2O/c1-5(13)2-9-14-8-4-6(11)3-7(12)10(8)15-9/h3-5H,2,13H2,1H3. The first-order valence-corrected chi connectivity index (χ1v) is 5.32. The Balaban J connectivity index is 2.50. The molecule has 0 amide bonds. The monoisotopic (exact) mass is 244 g/mol. The SMILES string of the molecule is CC(N)Cc1nc2cc(Cl)cc(Cl)c2o1. The van der Waals surface area contributed by atoms with Crippen LogP contribution < -0.4 is 5.73 Å². The summed E-state index contributed by atoms with van der Waals surface area (Å²) < 4.78 is 5.48. The molecule has 0 saturated carbocycles. The first-order chi connectivity index (χ1) is 7.06. The van der Waals surface area contributed by atoms with Crippen LogP contribution in [0, 0.1) is 0 Å². The van der Waals surface area contributed by atoms with Gasteiger partial charge in [0.1, 0.15) is 5.52 Å². The van der Waals surface area contributed by atoms with Gasteiger partial charge in [-0.3, -0.25) is 0 Å². The summed E-state index contributed by atoms with van der Waals surface area (Å²) in [4.78, 5) is 4.26. The van der Waals surface area contributed by atoms with Gasteiger partial charge in [-0.05, 0) is 19.1 Å². The summed E-state index contributed by atoms with van der Waals surface area (Å²) in [5.41, 5.74) is 6.89. The lowest BCUT2D eigenvalue weighted by molar-refractivity contribution is 0.507. The normalized spacial score (nSPS) is 13.3. The molecule has 0 saturated heterocycles. The van der Waals surface area contributed by atoms with Crippen molar-refractivity contribution in [2.24, 2.45) is 5.73 Å². The van der Waals surface area contributed by atoms with Crippen LogP contribution in [-0.4, -0.2) is 11.0 Å². The Hall–Kier alpha value is -0.770. The number of nitrogens with zero attached hydrogens (tertiary/aromatic N) is 1. The Morgan fingerprint density at radius 3 is 2.87 bits per heavy atom. The zero-order chi connectivity index (χ0) is 11.0. The molecule has 2 N–H and O–H groups in total. The van der Waals surface area contributed by atoms with Crippen molar-refractivity contribution in [2.45, 2.75) is 19.4 Å². The van der Waals surface area contributed by atoms with E-state index in [0.29, 0.717) is 33.5 Å². The number of nitrogens with two attached hydrogens (primary N) is 1. The fourth-order valence-corrected chi connectivity index (χ4v) is 1.89. The fraction of sp³-hybridized carbons (Fsp3) is 0.300. The molecular weight excluding hydrogens is 235 g/mol. The molecule has 5 heteroatoms. The van der Waals surface area contributed by atoms with Crippen molar-refractivity contribution in [3.63, 3.8) is 0 Å². The van der Waals surface area contributed by atoms with E-state index in [1.165, 1.54) is 0 Å². The number of hydrogen-bond acceptors (Lipinski definition) is 3. The molecule has 0 aliphatic carbocycles. The Morgan fingerprint density at radius 2 is 2.20 bits per heavy atom.